The molecule has 0 saturated carbocycles. The summed E-state index contributed by atoms with van der Waals surface area (Å²) in [6.07, 6.45) is 3.60. The number of allylic oxidation sites excluding steroid dienone is 1. The summed E-state index contributed by atoms with van der Waals surface area (Å²) in [5.74, 6) is 0.184. The second kappa shape index (κ2) is 9.09. The van der Waals surface area contributed by atoms with Gasteiger partial charge >= 0.3 is 0 Å². The Balaban J connectivity index is 0.00000361. The van der Waals surface area contributed by atoms with Crippen molar-refractivity contribution < 1.29 is 4.79 Å². The van der Waals surface area contributed by atoms with Crippen LogP contribution in [0.15, 0.2) is 36.4 Å². The van der Waals surface area contributed by atoms with E-state index in [9.17, 15) is 4.79 Å². The Bertz CT molecular complexity index is 422. The third-order valence-corrected chi connectivity index (χ3v) is 3.41. The maximum absolute atomic E-state index is 12.3. The Morgan fingerprint density at radius 3 is 2.20 bits per heavy atom. The smallest absolute Gasteiger partial charge is 0.162 e. The predicted molar refractivity (Wildman–Crippen MR) is 92.4 cm³/mol. The lowest BCUT2D eigenvalue weighted by Crippen LogP contribution is -2.38. The zero-order chi connectivity index (χ0) is 14.3. The van der Waals surface area contributed by atoms with E-state index in [2.05, 4.69) is 18.7 Å². The molecular formula is C17H26BrNO. The molecule has 0 aliphatic heterocycles. The summed E-state index contributed by atoms with van der Waals surface area (Å²) in [5, 5.41) is 0. The van der Waals surface area contributed by atoms with Crippen LogP contribution in [0.25, 0.3) is 6.08 Å². The Labute approximate surface area is 133 Å². The minimum Gasteiger partial charge on any atom is -0.303 e. The SMILES string of the molecule is Br.CCN(CC)CC(C)(C)C(=O)C=Cc1ccccc1. The molecule has 0 saturated heterocycles. The molecule has 2 nitrogen and oxygen atoms in total. The van der Waals surface area contributed by atoms with Crippen LogP contribution in [0.1, 0.15) is 33.3 Å². The van der Waals surface area contributed by atoms with Crippen molar-refractivity contribution in [1.82, 2.24) is 4.90 Å². The van der Waals surface area contributed by atoms with E-state index < -0.39 is 0 Å². The zero-order valence-electron chi connectivity index (χ0n) is 12.9. The molecule has 1 rings (SSSR count). The van der Waals surface area contributed by atoms with Crippen LogP contribution in [0, 0.1) is 5.41 Å². The van der Waals surface area contributed by atoms with E-state index in [-0.39, 0.29) is 28.2 Å². The lowest BCUT2D eigenvalue weighted by atomic mass is 9.87. The molecule has 0 spiro atoms. The lowest BCUT2D eigenvalue weighted by Gasteiger charge is -2.29. The van der Waals surface area contributed by atoms with Crippen LogP contribution < -0.4 is 0 Å². The number of carbonyl (C=O) groups is 1. The van der Waals surface area contributed by atoms with Crippen molar-refractivity contribution in [3.8, 4) is 0 Å². The van der Waals surface area contributed by atoms with Crippen molar-refractivity contribution in [2.75, 3.05) is 19.6 Å². The molecule has 20 heavy (non-hydrogen) atoms. The Morgan fingerprint density at radius 1 is 1.15 bits per heavy atom. The number of carbonyl (C=O) groups excluding carboxylic acids is 1. The normalized spacial score (nSPS) is 11.7. The van der Waals surface area contributed by atoms with Crippen molar-refractivity contribution in [3.63, 3.8) is 0 Å². The summed E-state index contributed by atoms with van der Waals surface area (Å²) in [5.41, 5.74) is 0.728. The fourth-order valence-electron chi connectivity index (χ4n) is 2.05. The van der Waals surface area contributed by atoms with E-state index in [0.29, 0.717) is 0 Å². The topological polar surface area (TPSA) is 20.3 Å². The molecule has 112 valence electrons. The quantitative estimate of drug-likeness (QED) is 0.693. The standard InChI is InChI=1S/C17H25NO.BrH/c1-5-18(6-2)14-17(3,4)16(19)13-12-15-10-8-7-9-11-15;/h7-13H,5-6,14H2,1-4H3;1H. The van der Waals surface area contributed by atoms with E-state index in [4.69, 9.17) is 0 Å². The number of rotatable bonds is 7. The maximum atomic E-state index is 12.3. The monoisotopic (exact) mass is 339 g/mol. The highest BCUT2D eigenvalue weighted by molar-refractivity contribution is 8.93. The summed E-state index contributed by atoms with van der Waals surface area (Å²) >= 11 is 0. The molecule has 0 fully saturated rings. The van der Waals surface area contributed by atoms with Crippen molar-refractivity contribution in [3.05, 3.63) is 42.0 Å². The fraction of sp³-hybridized carbons (Fsp3) is 0.471. The van der Waals surface area contributed by atoms with Crippen LogP contribution in [0.5, 0.6) is 0 Å². The number of halogens is 1. The largest absolute Gasteiger partial charge is 0.303 e. The van der Waals surface area contributed by atoms with Gasteiger partial charge in [-0.2, -0.15) is 0 Å². The first kappa shape index (κ1) is 19.1. The molecular weight excluding hydrogens is 314 g/mol. The molecule has 0 unspecified atom stereocenters. The van der Waals surface area contributed by atoms with Gasteiger partial charge in [0.05, 0.1) is 0 Å². The molecule has 0 aliphatic carbocycles. The lowest BCUT2D eigenvalue weighted by molar-refractivity contribution is -0.123. The Kier molecular flexibility index (Phi) is 8.67. The van der Waals surface area contributed by atoms with Gasteiger partial charge in [0.15, 0.2) is 5.78 Å². The summed E-state index contributed by atoms with van der Waals surface area (Å²) in [6, 6.07) is 9.93. The van der Waals surface area contributed by atoms with Crippen LogP contribution in [0.2, 0.25) is 0 Å². The molecule has 0 aromatic heterocycles. The minimum absolute atomic E-state index is 0. The van der Waals surface area contributed by atoms with Gasteiger partial charge < -0.3 is 4.90 Å². The van der Waals surface area contributed by atoms with Crippen molar-refractivity contribution >= 4 is 28.8 Å². The van der Waals surface area contributed by atoms with Gasteiger partial charge in [0, 0.05) is 12.0 Å². The van der Waals surface area contributed by atoms with Gasteiger partial charge in [0.1, 0.15) is 0 Å². The summed E-state index contributed by atoms with van der Waals surface area (Å²) < 4.78 is 0. The highest BCUT2D eigenvalue weighted by Gasteiger charge is 2.27. The first-order valence-corrected chi connectivity index (χ1v) is 6.99. The van der Waals surface area contributed by atoms with Crippen molar-refractivity contribution in [2.24, 2.45) is 5.41 Å². The molecule has 0 atom stereocenters. The van der Waals surface area contributed by atoms with E-state index in [0.717, 1.165) is 25.2 Å². The Morgan fingerprint density at radius 2 is 1.70 bits per heavy atom. The van der Waals surface area contributed by atoms with Gasteiger partial charge in [-0.15, -0.1) is 17.0 Å². The zero-order valence-corrected chi connectivity index (χ0v) is 14.6. The average molecular weight is 340 g/mol. The van der Waals surface area contributed by atoms with Gasteiger partial charge in [-0.3, -0.25) is 4.79 Å². The van der Waals surface area contributed by atoms with E-state index in [1.54, 1.807) is 6.08 Å². The Hall–Kier alpha value is -0.930. The van der Waals surface area contributed by atoms with Gasteiger partial charge in [-0.25, -0.2) is 0 Å². The molecule has 0 radical (unpaired) electrons. The number of ketones is 1. The molecule has 0 heterocycles. The molecule has 1 aromatic carbocycles. The van der Waals surface area contributed by atoms with Crippen LogP contribution in [-0.4, -0.2) is 30.3 Å². The molecule has 0 aliphatic rings. The van der Waals surface area contributed by atoms with Crippen molar-refractivity contribution in [2.45, 2.75) is 27.7 Å². The number of hydrogen-bond acceptors (Lipinski definition) is 2. The number of benzene rings is 1. The first-order chi connectivity index (χ1) is 8.99. The summed E-state index contributed by atoms with van der Waals surface area (Å²) in [6.45, 7) is 11.1. The van der Waals surface area contributed by atoms with Gasteiger partial charge in [0.2, 0.25) is 0 Å². The highest BCUT2D eigenvalue weighted by atomic mass is 79.9. The number of hydrogen-bond donors (Lipinski definition) is 0. The second-order valence-corrected chi connectivity index (χ2v) is 5.45. The molecule has 3 heteroatoms. The second-order valence-electron chi connectivity index (χ2n) is 5.45. The average Bonchev–Trinajstić information content (AvgIpc) is 2.43. The van der Waals surface area contributed by atoms with Gasteiger partial charge in [0.25, 0.3) is 0 Å². The van der Waals surface area contributed by atoms with Crippen LogP contribution in [0.4, 0.5) is 0 Å². The van der Waals surface area contributed by atoms with E-state index in [1.807, 2.05) is 50.3 Å². The summed E-state index contributed by atoms with van der Waals surface area (Å²) in [4.78, 5) is 14.6. The highest BCUT2D eigenvalue weighted by Crippen LogP contribution is 2.20. The van der Waals surface area contributed by atoms with Crippen LogP contribution >= 0.6 is 17.0 Å². The fourth-order valence-corrected chi connectivity index (χ4v) is 2.05. The minimum atomic E-state index is -0.336. The van der Waals surface area contributed by atoms with E-state index >= 15 is 0 Å². The van der Waals surface area contributed by atoms with Crippen LogP contribution in [0.3, 0.4) is 0 Å². The van der Waals surface area contributed by atoms with Gasteiger partial charge in [-0.05, 0) is 24.7 Å². The number of nitrogens with zero attached hydrogens (tertiary/aromatic N) is 1. The molecule has 0 amide bonds. The van der Waals surface area contributed by atoms with Crippen molar-refractivity contribution in [1.29, 1.82) is 0 Å². The summed E-state index contributed by atoms with van der Waals surface area (Å²) in [7, 11) is 0. The molecule has 0 N–H and O–H groups in total. The van der Waals surface area contributed by atoms with E-state index in [1.165, 1.54) is 0 Å². The van der Waals surface area contributed by atoms with Crippen LogP contribution in [-0.2, 0) is 4.79 Å². The predicted octanol–water partition coefficient (Wildman–Crippen LogP) is 4.21. The first-order valence-electron chi connectivity index (χ1n) is 6.99. The third-order valence-electron chi connectivity index (χ3n) is 3.41. The maximum Gasteiger partial charge on any atom is 0.162 e. The molecule has 0 bridgehead atoms. The third kappa shape index (κ3) is 6.02. The molecule has 1 aromatic rings. The van der Waals surface area contributed by atoms with Gasteiger partial charge in [-0.1, -0.05) is 64.1 Å².